The summed E-state index contributed by atoms with van der Waals surface area (Å²) in [5.74, 6) is -1.32. The Morgan fingerprint density at radius 3 is 2.15 bits per heavy atom. The van der Waals surface area contributed by atoms with E-state index < -0.39 is 10.0 Å². The normalized spacial score (nSPS) is 23.8. The maximum absolute atomic E-state index is 12.9. The molecule has 2 aliphatic carbocycles. The average Bonchev–Trinajstić information content (AvgIpc) is 3.08. The molecule has 1 heterocycles. The number of hydrogen-bond donors (Lipinski definition) is 1. The lowest BCUT2D eigenvalue weighted by Gasteiger charge is -2.30. The molecule has 0 unspecified atom stereocenters. The highest BCUT2D eigenvalue weighted by Crippen LogP contribution is 2.35. The minimum Gasteiger partial charge on any atom is -0.326 e. The minimum atomic E-state index is -3.59. The fourth-order valence-electron chi connectivity index (χ4n) is 5.04. The number of rotatable bonds is 7. The van der Waals surface area contributed by atoms with Gasteiger partial charge in [-0.3, -0.25) is 19.3 Å². The second kappa shape index (κ2) is 9.77. The molecule has 0 bridgehead atoms. The van der Waals surface area contributed by atoms with Crippen molar-refractivity contribution in [2.45, 2.75) is 62.3 Å². The minimum absolute atomic E-state index is 0.00514. The number of anilines is 1. The van der Waals surface area contributed by atoms with E-state index in [-0.39, 0.29) is 53.5 Å². The van der Waals surface area contributed by atoms with Gasteiger partial charge in [-0.15, -0.1) is 0 Å². The number of carbonyl (C=O) groups excluding carboxylic acids is 3. The van der Waals surface area contributed by atoms with Gasteiger partial charge >= 0.3 is 0 Å². The van der Waals surface area contributed by atoms with Crippen molar-refractivity contribution in [2.75, 3.05) is 18.9 Å². The zero-order chi connectivity index (χ0) is 23.6. The van der Waals surface area contributed by atoms with Gasteiger partial charge in [0.05, 0.1) is 16.7 Å². The van der Waals surface area contributed by atoms with E-state index in [0.717, 1.165) is 32.1 Å². The maximum atomic E-state index is 12.9. The fourth-order valence-corrected chi connectivity index (χ4v) is 6.46. The molecule has 2 fully saturated rings. The Kier molecular flexibility index (Phi) is 6.99. The second-order valence-corrected chi connectivity index (χ2v) is 11.1. The number of amides is 3. The van der Waals surface area contributed by atoms with Crippen LogP contribution in [0.15, 0.2) is 41.3 Å². The van der Waals surface area contributed by atoms with Gasteiger partial charge in [0.2, 0.25) is 27.7 Å². The highest BCUT2D eigenvalue weighted by atomic mass is 32.2. The number of allylic oxidation sites excluding steroid dienone is 2. The quantitative estimate of drug-likeness (QED) is 0.484. The summed E-state index contributed by atoms with van der Waals surface area (Å²) in [6.45, 7) is 0.0507. The van der Waals surface area contributed by atoms with Gasteiger partial charge in [-0.2, -0.15) is 4.31 Å². The largest absolute Gasteiger partial charge is 0.326 e. The van der Waals surface area contributed by atoms with Crippen molar-refractivity contribution in [3.05, 3.63) is 36.4 Å². The molecular formula is C24H31N3O5S. The van der Waals surface area contributed by atoms with Crippen LogP contribution in [0.25, 0.3) is 0 Å². The van der Waals surface area contributed by atoms with Crippen LogP contribution in [-0.4, -0.2) is 55.0 Å². The van der Waals surface area contributed by atoms with Gasteiger partial charge in [-0.05, 0) is 49.9 Å². The average molecular weight is 474 g/mol. The molecule has 1 aromatic rings. The molecule has 8 nitrogen and oxygen atoms in total. The lowest BCUT2D eigenvalue weighted by atomic mass is 9.85. The maximum Gasteiger partial charge on any atom is 0.243 e. The third-order valence-corrected chi connectivity index (χ3v) is 8.99. The molecule has 1 N–H and O–H groups in total. The first-order valence-corrected chi connectivity index (χ1v) is 13.1. The second-order valence-electron chi connectivity index (χ2n) is 9.12. The van der Waals surface area contributed by atoms with Crippen molar-refractivity contribution >= 4 is 33.4 Å². The Balaban J connectivity index is 1.32. The van der Waals surface area contributed by atoms with Crippen molar-refractivity contribution in [1.82, 2.24) is 9.21 Å². The number of carbonyl (C=O) groups is 3. The molecule has 33 heavy (non-hydrogen) atoms. The van der Waals surface area contributed by atoms with Gasteiger partial charge in [0.1, 0.15) is 0 Å². The standard InChI is InChI=1S/C24H31N3O5S/c1-26(18-7-3-2-4-8-18)33(31,32)19-13-11-17(12-14-19)25-22(28)15-16-27-23(29)20-9-5-6-10-21(20)24(27)30/h5-6,11-14,18,20-21H,2-4,7-10,15-16H2,1H3,(H,25,28)/t20-,21+. The van der Waals surface area contributed by atoms with E-state index >= 15 is 0 Å². The topological polar surface area (TPSA) is 104 Å². The van der Waals surface area contributed by atoms with Crippen molar-refractivity contribution in [3.8, 4) is 0 Å². The molecule has 1 aliphatic heterocycles. The predicted molar refractivity (Wildman–Crippen MR) is 124 cm³/mol. The summed E-state index contributed by atoms with van der Waals surface area (Å²) in [5.41, 5.74) is 0.469. The molecule has 178 valence electrons. The van der Waals surface area contributed by atoms with Crippen LogP contribution in [0, 0.1) is 11.8 Å². The van der Waals surface area contributed by atoms with Crippen LogP contribution in [0.4, 0.5) is 5.69 Å². The molecule has 1 aromatic carbocycles. The number of sulfonamides is 1. The lowest BCUT2D eigenvalue weighted by Crippen LogP contribution is -2.38. The third kappa shape index (κ3) is 4.89. The number of likely N-dealkylation sites (tertiary alicyclic amines) is 1. The monoisotopic (exact) mass is 473 g/mol. The van der Waals surface area contributed by atoms with Gasteiger partial charge in [-0.25, -0.2) is 8.42 Å². The third-order valence-electron chi connectivity index (χ3n) is 7.07. The number of benzene rings is 1. The van der Waals surface area contributed by atoms with Gasteiger partial charge in [0.15, 0.2) is 0 Å². The lowest BCUT2D eigenvalue weighted by molar-refractivity contribution is -0.140. The molecule has 1 saturated heterocycles. The fraction of sp³-hybridized carbons (Fsp3) is 0.542. The molecular weight excluding hydrogens is 442 g/mol. The van der Waals surface area contributed by atoms with Gasteiger partial charge < -0.3 is 5.32 Å². The van der Waals surface area contributed by atoms with Gasteiger partial charge in [0.25, 0.3) is 0 Å². The molecule has 4 rings (SSSR count). The van der Waals surface area contributed by atoms with Gasteiger partial charge in [0, 0.05) is 31.7 Å². The van der Waals surface area contributed by atoms with Crippen molar-refractivity contribution in [2.24, 2.45) is 11.8 Å². The molecule has 0 spiro atoms. The molecule has 3 amide bonds. The van der Waals surface area contributed by atoms with E-state index in [4.69, 9.17) is 0 Å². The van der Waals surface area contributed by atoms with Crippen LogP contribution < -0.4 is 5.32 Å². The van der Waals surface area contributed by atoms with Crippen LogP contribution in [0.5, 0.6) is 0 Å². The Morgan fingerprint density at radius 1 is 1.00 bits per heavy atom. The smallest absolute Gasteiger partial charge is 0.243 e. The van der Waals surface area contributed by atoms with E-state index in [0.29, 0.717) is 18.5 Å². The molecule has 9 heteroatoms. The van der Waals surface area contributed by atoms with Crippen LogP contribution >= 0.6 is 0 Å². The van der Waals surface area contributed by atoms with Crippen LogP contribution in [0.2, 0.25) is 0 Å². The first-order chi connectivity index (χ1) is 15.8. The molecule has 3 aliphatic rings. The Bertz CT molecular complexity index is 1020. The van der Waals surface area contributed by atoms with Crippen molar-refractivity contribution in [1.29, 1.82) is 0 Å². The Morgan fingerprint density at radius 2 is 1.58 bits per heavy atom. The van der Waals surface area contributed by atoms with E-state index in [2.05, 4.69) is 5.32 Å². The number of fused-ring (bicyclic) bond motifs is 1. The summed E-state index contributed by atoms with van der Waals surface area (Å²) in [6, 6.07) is 6.14. The SMILES string of the molecule is CN(C1CCCCC1)S(=O)(=O)c1ccc(NC(=O)CCN2C(=O)[C@H]3CC=CC[C@H]3C2=O)cc1. The highest BCUT2D eigenvalue weighted by Gasteiger charge is 2.46. The zero-order valence-corrected chi connectivity index (χ0v) is 19.7. The van der Waals surface area contributed by atoms with Crippen molar-refractivity contribution in [3.63, 3.8) is 0 Å². The summed E-state index contributed by atoms with van der Waals surface area (Å²) < 4.78 is 27.4. The number of imide groups is 1. The Hall–Kier alpha value is -2.52. The zero-order valence-electron chi connectivity index (χ0n) is 18.9. The molecule has 1 saturated carbocycles. The number of hydrogen-bond acceptors (Lipinski definition) is 5. The van der Waals surface area contributed by atoms with E-state index in [1.165, 1.54) is 21.3 Å². The van der Waals surface area contributed by atoms with Crippen LogP contribution in [0.3, 0.4) is 0 Å². The summed E-state index contributed by atoms with van der Waals surface area (Å²) >= 11 is 0. The van der Waals surface area contributed by atoms with E-state index in [9.17, 15) is 22.8 Å². The molecule has 0 radical (unpaired) electrons. The summed E-state index contributed by atoms with van der Waals surface area (Å²) in [5, 5.41) is 2.72. The first kappa shape index (κ1) is 23.6. The number of nitrogens with one attached hydrogen (secondary N) is 1. The number of nitrogens with zero attached hydrogens (tertiary/aromatic N) is 2. The van der Waals surface area contributed by atoms with Crippen LogP contribution in [0.1, 0.15) is 51.4 Å². The predicted octanol–water partition coefficient (Wildman–Crippen LogP) is 2.92. The van der Waals surface area contributed by atoms with Crippen molar-refractivity contribution < 1.29 is 22.8 Å². The van der Waals surface area contributed by atoms with E-state index in [1.54, 1.807) is 19.2 Å². The molecule has 2 atom stereocenters. The summed E-state index contributed by atoms with van der Waals surface area (Å²) in [4.78, 5) is 38.8. The first-order valence-electron chi connectivity index (χ1n) is 11.7. The summed E-state index contributed by atoms with van der Waals surface area (Å²) in [6.07, 6.45) is 10.00. The van der Waals surface area contributed by atoms with E-state index in [1.807, 2.05) is 12.2 Å². The summed E-state index contributed by atoms with van der Waals surface area (Å²) in [7, 11) is -1.96. The molecule has 0 aromatic heterocycles. The van der Waals surface area contributed by atoms with Crippen LogP contribution in [-0.2, 0) is 24.4 Å². The van der Waals surface area contributed by atoms with Gasteiger partial charge in [-0.1, -0.05) is 31.4 Å². The highest BCUT2D eigenvalue weighted by molar-refractivity contribution is 7.89. The Labute approximate surface area is 195 Å².